The molecule has 37 heavy (non-hydrogen) atoms. The normalized spacial score (nSPS) is 17.5. The fraction of sp³-hybridized carbons (Fsp3) is 0.241. The molecule has 192 valence electrons. The minimum Gasteiger partial charge on any atom is -0.507 e. The summed E-state index contributed by atoms with van der Waals surface area (Å²) in [5.41, 5.74) is 0.668. The van der Waals surface area contributed by atoms with Gasteiger partial charge in [-0.1, -0.05) is 50.2 Å². The maximum absolute atomic E-state index is 13.3. The second-order valence-corrected chi connectivity index (χ2v) is 9.30. The van der Waals surface area contributed by atoms with Gasteiger partial charge in [0.05, 0.1) is 23.8 Å². The molecule has 1 N–H and O–H groups in total. The Kier molecular flexibility index (Phi) is 7.12. The highest BCUT2D eigenvalue weighted by atomic mass is 19.4. The highest BCUT2D eigenvalue weighted by molar-refractivity contribution is 6.51. The Labute approximate surface area is 212 Å². The highest BCUT2D eigenvalue weighted by Gasteiger charge is 2.47. The Bertz CT molecular complexity index is 1360. The fourth-order valence-corrected chi connectivity index (χ4v) is 4.25. The summed E-state index contributed by atoms with van der Waals surface area (Å²) < 4.78 is 45.1. The summed E-state index contributed by atoms with van der Waals surface area (Å²) in [4.78, 5) is 27.7. The predicted molar refractivity (Wildman–Crippen MR) is 134 cm³/mol. The lowest BCUT2D eigenvalue weighted by molar-refractivity contribution is -0.137. The van der Waals surface area contributed by atoms with Gasteiger partial charge in [-0.05, 0) is 60.4 Å². The van der Waals surface area contributed by atoms with E-state index in [0.29, 0.717) is 17.9 Å². The largest absolute Gasteiger partial charge is 0.507 e. The molecule has 1 aliphatic heterocycles. The van der Waals surface area contributed by atoms with Crippen molar-refractivity contribution in [3.05, 3.63) is 101 Å². The molecule has 1 fully saturated rings. The third-order valence-electron chi connectivity index (χ3n) is 6.09. The number of Topliss-reactive ketones (excluding diaryl/α,β-unsaturated/α-hetero) is 1. The number of halogens is 3. The molecule has 1 unspecified atom stereocenters. The summed E-state index contributed by atoms with van der Waals surface area (Å²) >= 11 is 0. The zero-order chi connectivity index (χ0) is 26.9. The average molecular weight is 510 g/mol. The predicted octanol–water partition coefficient (Wildman–Crippen LogP) is 6.67. The Morgan fingerprint density at radius 2 is 1.68 bits per heavy atom. The molecule has 0 saturated carbocycles. The summed E-state index contributed by atoms with van der Waals surface area (Å²) in [5.74, 6) is -1.51. The van der Waals surface area contributed by atoms with Crippen molar-refractivity contribution in [2.24, 2.45) is 5.92 Å². The topological polar surface area (TPSA) is 66.8 Å². The maximum Gasteiger partial charge on any atom is 0.416 e. The summed E-state index contributed by atoms with van der Waals surface area (Å²) in [6.45, 7) is 6.23. The highest BCUT2D eigenvalue weighted by Crippen LogP contribution is 2.44. The molecule has 0 bridgehead atoms. The second kappa shape index (κ2) is 10.1. The number of rotatable bonds is 6. The van der Waals surface area contributed by atoms with Crippen molar-refractivity contribution >= 4 is 23.1 Å². The van der Waals surface area contributed by atoms with E-state index in [1.807, 2.05) is 13.8 Å². The van der Waals surface area contributed by atoms with Crippen LogP contribution >= 0.6 is 0 Å². The van der Waals surface area contributed by atoms with Crippen molar-refractivity contribution in [2.45, 2.75) is 33.0 Å². The molecule has 1 atom stereocenters. The van der Waals surface area contributed by atoms with Crippen LogP contribution in [-0.4, -0.2) is 23.4 Å². The lowest BCUT2D eigenvalue weighted by atomic mass is 9.92. The smallest absolute Gasteiger partial charge is 0.416 e. The molecule has 8 heteroatoms. The quantitative estimate of drug-likeness (QED) is 0.229. The van der Waals surface area contributed by atoms with Gasteiger partial charge in [-0.3, -0.25) is 14.5 Å². The first-order valence-corrected chi connectivity index (χ1v) is 11.8. The van der Waals surface area contributed by atoms with E-state index in [4.69, 9.17) is 4.74 Å². The Balaban J connectivity index is 1.86. The van der Waals surface area contributed by atoms with Gasteiger partial charge in [-0.25, -0.2) is 0 Å². The monoisotopic (exact) mass is 509 g/mol. The van der Waals surface area contributed by atoms with Crippen LogP contribution in [0, 0.1) is 12.8 Å². The molecule has 0 radical (unpaired) electrons. The number of hydrogen-bond acceptors (Lipinski definition) is 4. The van der Waals surface area contributed by atoms with Crippen molar-refractivity contribution < 1.29 is 32.6 Å². The van der Waals surface area contributed by atoms with Crippen LogP contribution in [0.1, 0.15) is 42.1 Å². The zero-order valence-corrected chi connectivity index (χ0v) is 20.5. The van der Waals surface area contributed by atoms with Gasteiger partial charge in [0.1, 0.15) is 11.5 Å². The summed E-state index contributed by atoms with van der Waals surface area (Å²) in [7, 11) is 0. The van der Waals surface area contributed by atoms with Gasteiger partial charge in [0.2, 0.25) is 0 Å². The van der Waals surface area contributed by atoms with Gasteiger partial charge >= 0.3 is 6.18 Å². The van der Waals surface area contributed by atoms with Crippen molar-refractivity contribution in [2.75, 3.05) is 11.5 Å². The number of carbonyl (C=O) groups is 2. The first-order valence-electron chi connectivity index (χ1n) is 11.8. The Morgan fingerprint density at radius 1 is 1.00 bits per heavy atom. The van der Waals surface area contributed by atoms with Crippen LogP contribution in [0.3, 0.4) is 0 Å². The number of carbonyl (C=O) groups excluding carboxylic acids is 2. The minimum absolute atomic E-state index is 0.108. The van der Waals surface area contributed by atoms with E-state index in [9.17, 15) is 27.9 Å². The van der Waals surface area contributed by atoms with E-state index in [1.54, 1.807) is 55.5 Å². The second-order valence-electron chi connectivity index (χ2n) is 9.30. The van der Waals surface area contributed by atoms with Crippen molar-refractivity contribution in [1.29, 1.82) is 0 Å². The standard InChI is InChI=1S/C29H26F3NO4/c1-17(2)16-37-22-9-6-8-19(15-22)26(34)24-25(23-10-5-4-7-18(23)3)33(28(36)27(24)35)21-13-11-20(12-14-21)29(30,31)32/h4-15,17,25,34H,16H2,1-3H3/b26-24+. The molecular formula is C29H26F3NO4. The van der Waals surface area contributed by atoms with Crippen LogP contribution in [0.2, 0.25) is 0 Å². The molecule has 3 aromatic rings. The molecule has 3 aromatic carbocycles. The number of aliphatic hydroxyl groups is 1. The number of alkyl halides is 3. The van der Waals surface area contributed by atoms with Gasteiger partial charge < -0.3 is 9.84 Å². The minimum atomic E-state index is -4.55. The van der Waals surface area contributed by atoms with E-state index in [1.165, 1.54) is 0 Å². The first-order chi connectivity index (χ1) is 17.5. The van der Waals surface area contributed by atoms with Crippen LogP contribution in [0.4, 0.5) is 18.9 Å². The zero-order valence-electron chi connectivity index (χ0n) is 20.5. The van der Waals surface area contributed by atoms with Gasteiger partial charge in [0.25, 0.3) is 11.7 Å². The molecule has 0 aliphatic carbocycles. The van der Waals surface area contributed by atoms with Crippen molar-refractivity contribution in [3.8, 4) is 5.75 Å². The molecule has 5 nitrogen and oxygen atoms in total. The Morgan fingerprint density at radius 3 is 2.30 bits per heavy atom. The number of amides is 1. The number of ketones is 1. The first kappa shape index (κ1) is 26.0. The van der Waals surface area contributed by atoms with Gasteiger partial charge in [0.15, 0.2) is 0 Å². The third kappa shape index (κ3) is 5.23. The van der Waals surface area contributed by atoms with Crippen LogP contribution in [0.25, 0.3) is 5.76 Å². The molecule has 4 rings (SSSR count). The molecule has 0 aromatic heterocycles. The molecule has 1 heterocycles. The number of ether oxygens (including phenoxy) is 1. The van der Waals surface area contributed by atoms with Gasteiger partial charge in [0, 0.05) is 11.3 Å². The van der Waals surface area contributed by atoms with Crippen LogP contribution in [0.5, 0.6) is 5.75 Å². The van der Waals surface area contributed by atoms with E-state index in [2.05, 4.69) is 0 Å². The van der Waals surface area contributed by atoms with E-state index in [0.717, 1.165) is 34.7 Å². The van der Waals surface area contributed by atoms with Crippen LogP contribution in [-0.2, 0) is 15.8 Å². The average Bonchev–Trinajstić information content (AvgIpc) is 3.12. The molecule has 1 saturated heterocycles. The lowest BCUT2D eigenvalue weighted by Gasteiger charge is -2.27. The number of benzene rings is 3. The van der Waals surface area contributed by atoms with Crippen molar-refractivity contribution in [3.63, 3.8) is 0 Å². The Hall–Kier alpha value is -4.07. The maximum atomic E-state index is 13.3. The summed E-state index contributed by atoms with van der Waals surface area (Å²) in [5, 5.41) is 11.3. The molecule has 1 aliphatic rings. The number of aliphatic hydroxyl groups excluding tert-OH is 1. The fourth-order valence-electron chi connectivity index (χ4n) is 4.25. The van der Waals surface area contributed by atoms with Gasteiger partial charge in [-0.2, -0.15) is 13.2 Å². The number of hydrogen-bond donors (Lipinski definition) is 1. The molecule has 0 spiro atoms. The van der Waals surface area contributed by atoms with E-state index >= 15 is 0 Å². The molecular weight excluding hydrogens is 483 g/mol. The number of aryl methyl sites for hydroxylation is 1. The van der Waals surface area contributed by atoms with E-state index in [-0.39, 0.29) is 22.7 Å². The molecule has 1 amide bonds. The van der Waals surface area contributed by atoms with Crippen molar-refractivity contribution in [1.82, 2.24) is 0 Å². The van der Waals surface area contributed by atoms with E-state index < -0.39 is 35.2 Å². The number of nitrogens with zero attached hydrogens (tertiary/aromatic N) is 1. The lowest BCUT2D eigenvalue weighted by Crippen LogP contribution is -2.29. The summed E-state index contributed by atoms with van der Waals surface area (Å²) in [6, 6.07) is 16.6. The number of anilines is 1. The SMILES string of the molecule is Cc1ccccc1C1/C(=C(\O)c2cccc(OCC(C)C)c2)C(=O)C(=O)N1c1ccc(C(F)(F)F)cc1. The van der Waals surface area contributed by atoms with Gasteiger partial charge in [-0.15, -0.1) is 0 Å². The van der Waals surface area contributed by atoms with Crippen LogP contribution in [0.15, 0.2) is 78.4 Å². The van der Waals surface area contributed by atoms with Crippen LogP contribution < -0.4 is 9.64 Å². The third-order valence-corrected chi connectivity index (χ3v) is 6.09. The summed E-state index contributed by atoms with van der Waals surface area (Å²) in [6.07, 6.45) is -4.55.